The maximum atomic E-state index is 12.8. The summed E-state index contributed by atoms with van der Waals surface area (Å²) in [6.45, 7) is 2.24. The monoisotopic (exact) mass is 427 g/mol. The Morgan fingerprint density at radius 1 is 0.871 bits per heavy atom. The van der Waals surface area contributed by atoms with Crippen molar-refractivity contribution < 1.29 is 4.79 Å². The topological polar surface area (TPSA) is 20.3 Å². The fraction of sp³-hybridized carbons (Fsp3) is 0.250. The van der Waals surface area contributed by atoms with Crippen molar-refractivity contribution >= 4 is 38.9 Å². The van der Waals surface area contributed by atoms with Crippen LogP contribution in [0.25, 0.3) is 21.5 Å². The number of halogens is 1. The Morgan fingerprint density at radius 2 is 1.65 bits per heavy atom. The highest BCUT2D eigenvalue weighted by Crippen LogP contribution is 2.35. The number of fused-ring (bicyclic) bond motifs is 3. The summed E-state index contributed by atoms with van der Waals surface area (Å²) in [5.74, 6) is 0.0143. The first kappa shape index (κ1) is 20.1. The molecule has 0 aromatic heterocycles. The lowest BCUT2D eigenvalue weighted by atomic mass is 9.99. The van der Waals surface area contributed by atoms with Crippen molar-refractivity contribution in [1.29, 1.82) is 0 Å². The van der Waals surface area contributed by atoms with Crippen molar-refractivity contribution in [1.82, 2.24) is 4.90 Å². The third-order valence-corrected chi connectivity index (χ3v) is 6.91. The molecule has 0 bridgehead atoms. The van der Waals surface area contributed by atoms with E-state index < -0.39 is 0 Å². The minimum Gasteiger partial charge on any atom is -0.377 e. The smallest absolute Gasteiger partial charge is 0.185 e. The molecule has 0 spiro atoms. The van der Waals surface area contributed by atoms with E-state index >= 15 is 0 Å². The van der Waals surface area contributed by atoms with Gasteiger partial charge in [-0.3, -0.25) is 4.79 Å². The highest BCUT2D eigenvalue weighted by atomic mass is 35.5. The van der Waals surface area contributed by atoms with Gasteiger partial charge in [-0.1, -0.05) is 66.2 Å². The minimum absolute atomic E-state index is 0.0143. The molecule has 0 atom stereocenters. The van der Waals surface area contributed by atoms with Crippen LogP contribution in [-0.4, -0.2) is 23.8 Å². The lowest BCUT2D eigenvalue weighted by molar-refractivity contribution is 0.104. The molecule has 0 radical (unpaired) electrons. The number of hydrogen-bond donors (Lipinski definition) is 0. The van der Waals surface area contributed by atoms with Gasteiger partial charge in [0.1, 0.15) is 0 Å². The highest BCUT2D eigenvalue weighted by molar-refractivity contribution is 6.33. The fourth-order valence-electron chi connectivity index (χ4n) is 4.68. The third kappa shape index (κ3) is 4.18. The molecule has 5 rings (SSSR count). The zero-order chi connectivity index (χ0) is 21.2. The molecule has 2 nitrogen and oxygen atoms in total. The van der Waals surface area contributed by atoms with E-state index in [1.54, 1.807) is 6.08 Å². The van der Waals surface area contributed by atoms with Crippen LogP contribution in [0.2, 0.25) is 0 Å². The van der Waals surface area contributed by atoms with E-state index in [0.717, 1.165) is 41.9 Å². The van der Waals surface area contributed by atoms with Crippen LogP contribution in [0.15, 0.2) is 89.1 Å². The number of rotatable bonds is 4. The van der Waals surface area contributed by atoms with Crippen LogP contribution >= 0.6 is 11.6 Å². The molecule has 0 unspecified atom stereocenters. The standard InChI is InChI=1S/C28H26ClNO/c29-28-21(9-11-24(28)19-30-16-4-1-5-17-30)13-15-27(31)23-12-14-26-22(18-23)10-8-20-6-2-3-7-25(20)26/h2-3,6-8,10,12-15,18-19H,1,4-5,9,11,16-17H2/b15-13+,24-19+. The summed E-state index contributed by atoms with van der Waals surface area (Å²) in [5, 5.41) is 5.51. The molecule has 1 heterocycles. The summed E-state index contributed by atoms with van der Waals surface area (Å²) in [7, 11) is 0. The van der Waals surface area contributed by atoms with Gasteiger partial charge in [0.25, 0.3) is 0 Å². The lowest BCUT2D eigenvalue weighted by Crippen LogP contribution is -2.24. The SMILES string of the molecule is O=C(/C=C/C1=C(Cl)C(=C/N2CCCCC2)/CC1)c1ccc2c(ccc3ccccc32)c1. The van der Waals surface area contributed by atoms with Crippen LogP contribution in [0.4, 0.5) is 0 Å². The van der Waals surface area contributed by atoms with Crippen molar-refractivity contribution in [2.45, 2.75) is 32.1 Å². The molecule has 3 aromatic carbocycles. The van der Waals surface area contributed by atoms with Gasteiger partial charge in [-0.25, -0.2) is 0 Å². The van der Waals surface area contributed by atoms with Crippen molar-refractivity contribution in [3.8, 4) is 0 Å². The van der Waals surface area contributed by atoms with Crippen LogP contribution in [-0.2, 0) is 0 Å². The molecule has 1 fully saturated rings. The van der Waals surface area contributed by atoms with Crippen LogP contribution in [0.5, 0.6) is 0 Å². The predicted octanol–water partition coefficient (Wildman–Crippen LogP) is 7.39. The molecule has 31 heavy (non-hydrogen) atoms. The quantitative estimate of drug-likeness (QED) is 0.246. The van der Waals surface area contributed by atoms with Gasteiger partial charge in [-0.2, -0.15) is 0 Å². The molecule has 1 aliphatic carbocycles. The molecule has 3 aromatic rings. The molecule has 156 valence electrons. The maximum absolute atomic E-state index is 12.8. The van der Waals surface area contributed by atoms with Gasteiger partial charge >= 0.3 is 0 Å². The van der Waals surface area contributed by atoms with Gasteiger partial charge < -0.3 is 4.90 Å². The summed E-state index contributed by atoms with van der Waals surface area (Å²) in [6.07, 6.45) is 11.5. The highest BCUT2D eigenvalue weighted by Gasteiger charge is 2.18. The number of allylic oxidation sites excluding steroid dienone is 5. The van der Waals surface area contributed by atoms with E-state index in [2.05, 4.69) is 47.5 Å². The summed E-state index contributed by atoms with van der Waals surface area (Å²) in [6, 6.07) is 18.5. The molecule has 0 saturated carbocycles. The first-order chi connectivity index (χ1) is 15.2. The fourth-order valence-corrected chi connectivity index (χ4v) is 4.98. The average molecular weight is 428 g/mol. The van der Waals surface area contributed by atoms with Crippen molar-refractivity contribution in [2.24, 2.45) is 0 Å². The summed E-state index contributed by atoms with van der Waals surface area (Å²) in [5.41, 5.74) is 2.97. The van der Waals surface area contributed by atoms with Crippen LogP contribution in [0.3, 0.4) is 0 Å². The molecule has 0 N–H and O–H groups in total. The first-order valence-electron chi connectivity index (χ1n) is 11.2. The van der Waals surface area contributed by atoms with Gasteiger partial charge in [-0.05, 0) is 76.9 Å². The average Bonchev–Trinajstić information content (AvgIpc) is 3.16. The Hall–Kier alpha value is -2.84. The molecule has 2 aliphatic rings. The van der Waals surface area contributed by atoms with E-state index in [1.165, 1.54) is 41.0 Å². The zero-order valence-corrected chi connectivity index (χ0v) is 18.4. The van der Waals surface area contributed by atoms with Crippen molar-refractivity contribution in [3.05, 3.63) is 94.7 Å². The number of nitrogens with zero attached hydrogens (tertiary/aromatic N) is 1. The van der Waals surface area contributed by atoms with Crippen LogP contribution in [0, 0.1) is 0 Å². The summed E-state index contributed by atoms with van der Waals surface area (Å²) < 4.78 is 0. The summed E-state index contributed by atoms with van der Waals surface area (Å²) >= 11 is 6.65. The lowest BCUT2D eigenvalue weighted by Gasteiger charge is -2.25. The number of carbonyl (C=O) groups excluding carboxylic acids is 1. The summed E-state index contributed by atoms with van der Waals surface area (Å²) in [4.78, 5) is 15.2. The van der Waals surface area contributed by atoms with Gasteiger partial charge in [-0.15, -0.1) is 0 Å². The number of likely N-dealkylation sites (tertiary alicyclic amines) is 1. The van der Waals surface area contributed by atoms with Gasteiger partial charge in [0, 0.05) is 29.9 Å². The number of piperidine rings is 1. The third-order valence-electron chi connectivity index (χ3n) is 6.42. The second-order valence-electron chi connectivity index (χ2n) is 8.51. The second-order valence-corrected chi connectivity index (χ2v) is 8.89. The molecular formula is C28H26ClNO. The molecular weight excluding hydrogens is 402 g/mol. The van der Waals surface area contributed by atoms with Crippen LogP contribution < -0.4 is 0 Å². The number of ketones is 1. The largest absolute Gasteiger partial charge is 0.377 e. The maximum Gasteiger partial charge on any atom is 0.185 e. The Labute approximate surface area is 188 Å². The number of hydrogen-bond acceptors (Lipinski definition) is 2. The van der Waals surface area contributed by atoms with Gasteiger partial charge in [0.2, 0.25) is 0 Å². The first-order valence-corrected chi connectivity index (χ1v) is 11.5. The molecule has 1 aliphatic heterocycles. The van der Waals surface area contributed by atoms with E-state index in [4.69, 9.17) is 11.6 Å². The predicted molar refractivity (Wildman–Crippen MR) is 131 cm³/mol. The van der Waals surface area contributed by atoms with Crippen molar-refractivity contribution in [2.75, 3.05) is 13.1 Å². The Kier molecular flexibility index (Phi) is 5.65. The molecule has 1 saturated heterocycles. The Balaban J connectivity index is 1.36. The van der Waals surface area contributed by atoms with Crippen molar-refractivity contribution in [3.63, 3.8) is 0 Å². The van der Waals surface area contributed by atoms with Crippen LogP contribution in [0.1, 0.15) is 42.5 Å². The van der Waals surface area contributed by atoms with Gasteiger partial charge in [0.05, 0.1) is 0 Å². The number of benzene rings is 3. The molecule has 3 heteroatoms. The number of carbonyl (C=O) groups is 1. The van der Waals surface area contributed by atoms with Gasteiger partial charge in [0.15, 0.2) is 5.78 Å². The zero-order valence-electron chi connectivity index (χ0n) is 17.6. The van der Waals surface area contributed by atoms with E-state index in [-0.39, 0.29) is 5.78 Å². The minimum atomic E-state index is 0.0143. The normalized spacial score (nSPS) is 18.7. The molecule has 0 amide bonds. The Morgan fingerprint density at radius 3 is 2.52 bits per heavy atom. The van der Waals surface area contributed by atoms with E-state index in [9.17, 15) is 4.79 Å². The Bertz CT molecular complexity index is 1240. The van der Waals surface area contributed by atoms with E-state index in [1.807, 2.05) is 24.3 Å². The second kappa shape index (κ2) is 8.72. The van der Waals surface area contributed by atoms with E-state index in [0.29, 0.717) is 5.56 Å².